The number of carbonyl (C=O) groups is 1. The van der Waals surface area contributed by atoms with E-state index in [2.05, 4.69) is 10.5 Å². The molecule has 0 saturated carbocycles. The van der Waals surface area contributed by atoms with Gasteiger partial charge in [-0.05, 0) is 6.92 Å². The van der Waals surface area contributed by atoms with E-state index < -0.39 is 15.9 Å². The van der Waals surface area contributed by atoms with Crippen LogP contribution in [0.4, 0.5) is 0 Å². The van der Waals surface area contributed by atoms with Crippen molar-refractivity contribution in [2.45, 2.75) is 11.8 Å². The van der Waals surface area contributed by atoms with Crippen LogP contribution in [0.5, 0.6) is 5.75 Å². The average Bonchev–Trinajstić information content (AvgIpc) is 2.26. The van der Waals surface area contributed by atoms with Gasteiger partial charge in [0.15, 0.2) is 0 Å². The second kappa shape index (κ2) is 9.85. The number of hydrogen-bond acceptors (Lipinski definition) is 4. The average molecular weight is 374 g/mol. The summed E-state index contributed by atoms with van der Waals surface area (Å²) in [5.41, 5.74) is 5.94. The van der Waals surface area contributed by atoms with Crippen LogP contribution >= 0.6 is 0 Å². The molecule has 1 rings (SSSR count). The van der Waals surface area contributed by atoms with Crippen molar-refractivity contribution in [1.29, 1.82) is 0 Å². The normalized spacial score (nSPS) is 10.2. The maximum absolute atomic E-state index is 11.6. The quantitative estimate of drug-likeness (QED) is 0.483. The Hall–Kier alpha value is -0.986. The molecule has 0 atom stereocenters. The summed E-state index contributed by atoms with van der Waals surface area (Å²) in [6.07, 6.45) is 1.15. The van der Waals surface area contributed by atoms with Crippen LogP contribution in [0.15, 0.2) is 27.5 Å². The predicted octanol–water partition coefficient (Wildman–Crippen LogP) is 1.05. The number of aromatic hydroxyl groups is 1. The van der Waals surface area contributed by atoms with Crippen LogP contribution in [-0.4, -0.2) is 44.8 Å². The van der Waals surface area contributed by atoms with E-state index in [1.165, 1.54) is 30.0 Å². The predicted molar refractivity (Wildman–Crippen MR) is 71.3 cm³/mol. The summed E-state index contributed by atoms with van der Waals surface area (Å²) >= 11 is 0. The first-order chi connectivity index (χ1) is 8.66. The van der Waals surface area contributed by atoms with Gasteiger partial charge in [-0.3, -0.25) is 0 Å². The zero-order valence-corrected chi connectivity index (χ0v) is 15.0. The van der Waals surface area contributed by atoms with Gasteiger partial charge in [-0.1, -0.05) is 0 Å². The Balaban J connectivity index is 0. The first kappa shape index (κ1) is 21.3. The van der Waals surface area contributed by atoms with Crippen molar-refractivity contribution in [1.82, 2.24) is 4.90 Å². The van der Waals surface area contributed by atoms with E-state index in [9.17, 15) is 13.5 Å². The molecule has 7 nitrogen and oxygen atoms in total. The number of nitrogens with one attached hydrogen (secondary N) is 1. The number of sulfonamides is 1. The molecule has 109 valence electrons. The summed E-state index contributed by atoms with van der Waals surface area (Å²) in [5.74, 6) is -0.912. The van der Waals surface area contributed by atoms with Crippen LogP contribution in [0.25, 0.3) is 5.73 Å². The minimum Gasteiger partial charge on any atom is -0.668 e. The Morgan fingerprint density at radius 1 is 1.50 bits per heavy atom. The molecule has 0 fully saturated rings. The molecule has 0 aromatic heterocycles. The maximum Gasteiger partial charge on any atom is 0.240 e. The number of phenols is 1. The fourth-order valence-electron chi connectivity index (χ4n) is 0.827. The second-order valence-electron chi connectivity index (χ2n) is 3.61. The standard InChI is InChI=1S/C9H11N2O3S.C2H5NO.Y/c1-11(2)7-10-15(13,14)9-6-4-3-5-8(9)12;1-2(3)4;/h3,5-7,12H,1-2H3;1H3,(H2,3,4);/q-1;;/p-1. The molecule has 1 aromatic rings. The van der Waals surface area contributed by atoms with E-state index in [1.54, 1.807) is 14.1 Å². The van der Waals surface area contributed by atoms with Gasteiger partial charge in [-0.25, -0.2) is 8.42 Å². The van der Waals surface area contributed by atoms with Crippen LogP contribution < -0.4 is 0 Å². The molecule has 1 amide bonds. The number of phenolic OH excluding ortho intramolecular Hbond substituents is 1. The molecule has 0 heterocycles. The van der Waals surface area contributed by atoms with E-state index >= 15 is 0 Å². The van der Waals surface area contributed by atoms with E-state index in [1.807, 2.05) is 0 Å². The minimum absolute atomic E-state index is 0. The monoisotopic (exact) mass is 374 g/mol. The molecule has 20 heavy (non-hydrogen) atoms. The Bertz CT molecular complexity index is 555. The first-order valence-electron chi connectivity index (χ1n) is 5.05. The van der Waals surface area contributed by atoms with Crippen LogP contribution in [0, 0.1) is 6.07 Å². The van der Waals surface area contributed by atoms with Crippen molar-refractivity contribution < 1.29 is 51.0 Å². The largest absolute Gasteiger partial charge is 0.668 e. The third kappa shape index (κ3) is 9.00. The van der Waals surface area contributed by atoms with Crippen molar-refractivity contribution in [3.05, 3.63) is 30.0 Å². The summed E-state index contributed by atoms with van der Waals surface area (Å²) in [6, 6.07) is 6.42. The molecule has 0 aliphatic carbocycles. The van der Waals surface area contributed by atoms with Gasteiger partial charge in [0.2, 0.25) is 10.0 Å². The first-order valence-corrected chi connectivity index (χ1v) is 6.49. The molecular weight excluding hydrogens is 359 g/mol. The fourth-order valence-corrected chi connectivity index (χ4v) is 1.80. The van der Waals surface area contributed by atoms with E-state index in [-0.39, 0.29) is 43.4 Å². The van der Waals surface area contributed by atoms with Crippen LogP contribution in [0.3, 0.4) is 0 Å². The van der Waals surface area contributed by atoms with Crippen molar-refractivity contribution >= 4 is 22.3 Å². The molecular formula is C11H15N3O4SY-2. The molecule has 1 aromatic carbocycles. The third-order valence-electron chi connectivity index (χ3n) is 1.50. The fraction of sp³-hybridized carbons (Fsp3) is 0.273. The Morgan fingerprint density at radius 2 is 2.00 bits per heavy atom. The summed E-state index contributed by atoms with van der Waals surface area (Å²) in [5, 5.41) is 9.32. The summed E-state index contributed by atoms with van der Waals surface area (Å²) in [7, 11) is -0.542. The van der Waals surface area contributed by atoms with Gasteiger partial charge in [0.05, 0.1) is 0 Å². The molecule has 0 spiro atoms. The van der Waals surface area contributed by atoms with Crippen LogP contribution in [-0.2, 0) is 47.5 Å². The molecule has 2 N–H and O–H groups in total. The van der Waals surface area contributed by atoms with Gasteiger partial charge in [0, 0.05) is 63.4 Å². The number of benzene rings is 1. The zero-order valence-electron chi connectivity index (χ0n) is 11.4. The Labute approximate surface area is 143 Å². The molecule has 0 unspecified atom stereocenters. The number of rotatable bonds is 3. The van der Waals surface area contributed by atoms with E-state index in [0.29, 0.717) is 0 Å². The topological polar surface area (TPSA) is 111 Å². The van der Waals surface area contributed by atoms with Gasteiger partial charge in [-0.2, -0.15) is 22.6 Å². The van der Waals surface area contributed by atoms with Gasteiger partial charge < -0.3 is 20.5 Å². The molecule has 0 aliphatic heterocycles. The minimum atomic E-state index is -3.84. The van der Waals surface area contributed by atoms with Gasteiger partial charge >= 0.3 is 0 Å². The number of nitrogens with zero attached hydrogens (tertiary/aromatic N) is 2. The zero-order chi connectivity index (χ0) is 15.1. The Morgan fingerprint density at radius 3 is 2.40 bits per heavy atom. The SMILES string of the molecule is CC([NH-])=O.CN(C)C=NS(=O)(=O)c1c[c-]ccc1O.[Y]. The van der Waals surface area contributed by atoms with Crippen molar-refractivity contribution in [3.63, 3.8) is 0 Å². The number of amides is 1. The van der Waals surface area contributed by atoms with E-state index in [4.69, 9.17) is 10.5 Å². The second-order valence-corrected chi connectivity index (χ2v) is 5.21. The van der Waals surface area contributed by atoms with Gasteiger partial charge in [0.1, 0.15) is 6.34 Å². The molecule has 9 heteroatoms. The summed E-state index contributed by atoms with van der Waals surface area (Å²) in [4.78, 5) is 10.4. The number of hydrogen-bond donors (Lipinski definition) is 1. The van der Waals surface area contributed by atoms with Crippen LogP contribution in [0.2, 0.25) is 0 Å². The number of carbonyl (C=O) groups excluding carboxylic acids is 1. The van der Waals surface area contributed by atoms with Gasteiger partial charge in [0.25, 0.3) is 0 Å². The van der Waals surface area contributed by atoms with Crippen molar-refractivity contribution in [2.24, 2.45) is 4.40 Å². The summed E-state index contributed by atoms with van der Waals surface area (Å²) in [6.45, 7) is 1.19. The Kier molecular flexibility index (Phi) is 10.5. The smallest absolute Gasteiger partial charge is 0.240 e. The molecule has 0 aliphatic rings. The molecule has 0 saturated heterocycles. The van der Waals surface area contributed by atoms with Crippen molar-refractivity contribution in [3.8, 4) is 5.75 Å². The third-order valence-corrected chi connectivity index (χ3v) is 2.75. The molecule has 0 bridgehead atoms. The summed E-state index contributed by atoms with van der Waals surface area (Å²) < 4.78 is 26.5. The van der Waals surface area contributed by atoms with E-state index in [0.717, 1.165) is 6.34 Å². The molecule has 1 radical (unpaired) electrons. The maximum atomic E-state index is 11.6. The van der Waals surface area contributed by atoms with Gasteiger partial charge in [-0.15, -0.1) is 6.07 Å². The van der Waals surface area contributed by atoms with Crippen LogP contribution in [0.1, 0.15) is 6.92 Å². The van der Waals surface area contributed by atoms with Crippen molar-refractivity contribution in [2.75, 3.05) is 14.1 Å².